The van der Waals surface area contributed by atoms with E-state index < -0.39 is 0 Å². The molecule has 2 aliphatic heterocycles. The van der Waals surface area contributed by atoms with Crippen LogP contribution in [0.15, 0.2) is 203 Å². The summed E-state index contributed by atoms with van der Waals surface area (Å²) in [5, 5.41) is 4.47. The second-order valence-electron chi connectivity index (χ2n) is 18.1. The SMILES string of the molecule is CC(C)(C)c1cc2c3c(c1)N(c1ccc(-c4ccccc4)cc1)c1c(ccc4oc5ccccc5c14)B3c1ccc3oc4ccccc4c3c1N2c1ccc(-c2ccccc2)cc1. The molecule has 298 valence electrons. The lowest BCUT2D eigenvalue weighted by molar-refractivity contribution is 0.590. The molecule has 0 unspecified atom stereocenters. The summed E-state index contributed by atoms with van der Waals surface area (Å²) < 4.78 is 13.4. The molecule has 4 nitrogen and oxygen atoms in total. The smallest absolute Gasteiger partial charge is 0.252 e. The van der Waals surface area contributed by atoms with Crippen molar-refractivity contribution in [2.24, 2.45) is 0 Å². The van der Waals surface area contributed by atoms with E-state index in [2.05, 4.69) is 225 Å². The topological polar surface area (TPSA) is 32.8 Å². The summed E-state index contributed by atoms with van der Waals surface area (Å²) in [6.07, 6.45) is 0. The summed E-state index contributed by atoms with van der Waals surface area (Å²) in [5.41, 5.74) is 20.0. The van der Waals surface area contributed by atoms with Gasteiger partial charge in [-0.1, -0.05) is 154 Å². The third kappa shape index (κ3) is 5.36. The monoisotopic (exact) mass is 808 g/mol. The van der Waals surface area contributed by atoms with Gasteiger partial charge >= 0.3 is 0 Å². The van der Waals surface area contributed by atoms with Crippen LogP contribution in [-0.2, 0) is 5.41 Å². The second-order valence-corrected chi connectivity index (χ2v) is 18.1. The molecule has 0 bridgehead atoms. The summed E-state index contributed by atoms with van der Waals surface area (Å²) >= 11 is 0. The first-order chi connectivity index (χ1) is 30.9. The number of nitrogens with zero attached hydrogens (tertiary/aromatic N) is 2. The van der Waals surface area contributed by atoms with Gasteiger partial charge in [0.25, 0.3) is 6.71 Å². The molecule has 0 aliphatic carbocycles. The van der Waals surface area contributed by atoms with Gasteiger partial charge in [0.05, 0.1) is 22.1 Å². The minimum atomic E-state index is -0.171. The number of rotatable bonds is 4. The summed E-state index contributed by atoms with van der Waals surface area (Å²) in [7, 11) is 0. The molecule has 0 saturated carbocycles. The highest BCUT2D eigenvalue weighted by Crippen LogP contribution is 2.51. The van der Waals surface area contributed by atoms with E-state index in [-0.39, 0.29) is 12.1 Å². The molecule has 11 aromatic rings. The fourth-order valence-corrected chi connectivity index (χ4v) is 10.4. The molecular weight excluding hydrogens is 767 g/mol. The Morgan fingerprint density at radius 2 is 0.794 bits per heavy atom. The third-order valence-electron chi connectivity index (χ3n) is 13.4. The van der Waals surface area contributed by atoms with Crippen LogP contribution in [-0.4, -0.2) is 6.71 Å². The van der Waals surface area contributed by atoms with E-state index in [1.807, 2.05) is 0 Å². The van der Waals surface area contributed by atoms with Crippen LogP contribution in [0.1, 0.15) is 26.3 Å². The van der Waals surface area contributed by atoms with Crippen molar-refractivity contribution >= 4 is 101 Å². The number of benzene rings is 9. The Balaban J connectivity index is 1.16. The first kappa shape index (κ1) is 35.9. The molecule has 0 atom stereocenters. The van der Waals surface area contributed by atoms with E-state index in [9.17, 15) is 0 Å². The van der Waals surface area contributed by atoms with Crippen molar-refractivity contribution in [1.82, 2.24) is 0 Å². The number of hydrogen-bond acceptors (Lipinski definition) is 4. The van der Waals surface area contributed by atoms with E-state index in [1.54, 1.807) is 0 Å². The Morgan fingerprint density at radius 3 is 1.22 bits per heavy atom. The van der Waals surface area contributed by atoms with Crippen molar-refractivity contribution in [2.75, 3.05) is 9.80 Å². The van der Waals surface area contributed by atoms with Crippen molar-refractivity contribution in [2.45, 2.75) is 26.2 Å². The Bertz CT molecular complexity index is 3370. The Morgan fingerprint density at radius 1 is 0.397 bits per heavy atom. The molecule has 0 radical (unpaired) electrons. The molecule has 5 heteroatoms. The van der Waals surface area contributed by atoms with E-state index in [0.717, 1.165) is 66.6 Å². The zero-order valence-electron chi connectivity index (χ0n) is 35.3. The van der Waals surface area contributed by atoms with Crippen molar-refractivity contribution < 1.29 is 8.83 Å². The summed E-state index contributed by atoms with van der Waals surface area (Å²) in [5.74, 6) is 0. The van der Waals surface area contributed by atoms with Gasteiger partial charge in [-0.25, -0.2) is 0 Å². The van der Waals surface area contributed by atoms with Crippen LogP contribution in [0.4, 0.5) is 34.1 Å². The quantitative estimate of drug-likeness (QED) is 0.166. The number of fused-ring (bicyclic) bond motifs is 12. The first-order valence-electron chi connectivity index (χ1n) is 21.9. The molecule has 2 aromatic heterocycles. The van der Waals surface area contributed by atoms with E-state index in [4.69, 9.17) is 8.83 Å². The molecule has 4 heterocycles. The minimum Gasteiger partial charge on any atom is -0.456 e. The Labute approximate surface area is 366 Å². The van der Waals surface area contributed by atoms with Crippen LogP contribution >= 0.6 is 0 Å². The molecule has 0 spiro atoms. The number of hydrogen-bond donors (Lipinski definition) is 0. The highest BCUT2D eigenvalue weighted by molar-refractivity contribution is 7.01. The molecule has 2 aliphatic rings. The second kappa shape index (κ2) is 13.4. The average Bonchev–Trinajstić information content (AvgIpc) is 3.91. The largest absolute Gasteiger partial charge is 0.456 e. The zero-order valence-corrected chi connectivity index (χ0v) is 35.3. The lowest BCUT2D eigenvalue weighted by atomic mass is 9.33. The summed E-state index contributed by atoms with van der Waals surface area (Å²) in [6, 6.07) is 70.5. The molecule has 0 amide bonds. The van der Waals surface area contributed by atoms with Crippen molar-refractivity contribution in [3.05, 3.63) is 200 Å². The van der Waals surface area contributed by atoms with Crippen molar-refractivity contribution in [1.29, 1.82) is 0 Å². The normalized spacial score (nSPS) is 13.2. The van der Waals surface area contributed by atoms with Gasteiger partial charge in [-0.2, -0.15) is 0 Å². The molecule has 0 fully saturated rings. The highest BCUT2D eigenvalue weighted by atomic mass is 16.3. The standard InChI is InChI=1S/C58H41BN2O2/c1-58(2,3)40-34-47-55-48(35-40)61(42-28-24-39(25-29-42)37-16-8-5-9-17-37)57-46(31-33-52-54(57)44-19-11-13-21-50(44)63-52)59(55)45-30-32-51-53(43-18-10-12-20-49(43)62-51)56(45)60(47)41-26-22-38(23-27-41)36-14-6-4-7-15-36/h4-35H,1-3H3. The van der Waals surface area contributed by atoms with Gasteiger partial charge in [0.2, 0.25) is 0 Å². The lowest BCUT2D eigenvalue weighted by Crippen LogP contribution is -2.61. The molecular formula is C58H41BN2O2. The van der Waals surface area contributed by atoms with Gasteiger partial charge in [-0.05, 0) is 110 Å². The maximum absolute atomic E-state index is 6.69. The zero-order chi connectivity index (χ0) is 42.0. The maximum Gasteiger partial charge on any atom is 0.252 e. The van der Waals surface area contributed by atoms with Crippen LogP contribution in [0.25, 0.3) is 66.1 Å². The Hall–Kier alpha value is -7.76. The predicted octanol–water partition coefficient (Wildman–Crippen LogP) is 14.2. The lowest BCUT2D eigenvalue weighted by Gasteiger charge is -2.45. The molecule has 0 N–H and O–H groups in total. The average molecular weight is 809 g/mol. The minimum absolute atomic E-state index is 0.0928. The molecule has 9 aromatic carbocycles. The van der Waals surface area contributed by atoms with Crippen LogP contribution in [0.5, 0.6) is 0 Å². The molecule has 63 heavy (non-hydrogen) atoms. The van der Waals surface area contributed by atoms with Crippen LogP contribution < -0.4 is 26.2 Å². The predicted molar refractivity (Wildman–Crippen MR) is 265 cm³/mol. The van der Waals surface area contributed by atoms with Gasteiger partial charge in [0.15, 0.2) is 0 Å². The number of anilines is 6. The number of furan rings is 2. The van der Waals surface area contributed by atoms with E-state index in [0.29, 0.717) is 0 Å². The highest BCUT2D eigenvalue weighted by Gasteiger charge is 2.46. The third-order valence-corrected chi connectivity index (χ3v) is 13.4. The summed E-state index contributed by atoms with van der Waals surface area (Å²) in [4.78, 5) is 5.07. The van der Waals surface area contributed by atoms with Crippen LogP contribution in [0.2, 0.25) is 0 Å². The molecule has 0 saturated heterocycles. The Kier molecular flexibility index (Phi) is 7.63. The van der Waals surface area contributed by atoms with Gasteiger partial charge in [-0.3, -0.25) is 0 Å². The van der Waals surface area contributed by atoms with Crippen LogP contribution in [0, 0.1) is 0 Å². The van der Waals surface area contributed by atoms with Crippen molar-refractivity contribution in [3.8, 4) is 22.3 Å². The van der Waals surface area contributed by atoms with Crippen LogP contribution in [0.3, 0.4) is 0 Å². The van der Waals surface area contributed by atoms with Gasteiger partial charge in [0, 0.05) is 33.5 Å². The maximum atomic E-state index is 6.69. The molecule has 13 rings (SSSR count). The summed E-state index contributed by atoms with van der Waals surface area (Å²) in [6.45, 7) is 6.89. The van der Waals surface area contributed by atoms with Gasteiger partial charge in [-0.15, -0.1) is 0 Å². The first-order valence-corrected chi connectivity index (χ1v) is 21.9. The fraction of sp³-hybridized carbons (Fsp3) is 0.0690. The van der Waals surface area contributed by atoms with Gasteiger partial charge < -0.3 is 18.6 Å². The van der Waals surface area contributed by atoms with Crippen molar-refractivity contribution in [3.63, 3.8) is 0 Å². The van der Waals surface area contributed by atoms with Gasteiger partial charge in [0.1, 0.15) is 22.3 Å². The van der Waals surface area contributed by atoms with E-state index >= 15 is 0 Å². The van der Waals surface area contributed by atoms with E-state index in [1.165, 1.54) is 55.6 Å². The number of para-hydroxylation sites is 2. The fourth-order valence-electron chi connectivity index (χ4n) is 10.4.